The molecule has 4 heteroatoms. The molecule has 1 saturated carbocycles. The molecule has 0 aliphatic heterocycles. The maximum absolute atomic E-state index is 12.0. The molecule has 0 unspecified atom stereocenters. The van der Waals surface area contributed by atoms with Gasteiger partial charge in [0.1, 0.15) is 10.9 Å². The minimum atomic E-state index is 0.301. The Bertz CT molecular complexity index is 419. The minimum absolute atomic E-state index is 0.301. The molecule has 1 heterocycles. The van der Waals surface area contributed by atoms with Gasteiger partial charge >= 0.3 is 0 Å². The molecule has 1 aliphatic carbocycles. The number of ketones is 1. The van der Waals surface area contributed by atoms with Crippen LogP contribution in [0.4, 0.5) is 0 Å². The van der Waals surface area contributed by atoms with Gasteiger partial charge in [-0.1, -0.05) is 37.3 Å². The average molecular weight is 255 g/mol. The molecule has 1 fully saturated rings. The molecule has 0 atom stereocenters. The third-order valence-electron chi connectivity index (χ3n) is 3.63. The van der Waals surface area contributed by atoms with E-state index in [1.807, 2.05) is 6.92 Å². The third kappa shape index (κ3) is 2.89. The van der Waals surface area contributed by atoms with Crippen LogP contribution in [0.25, 0.3) is 0 Å². The SMILES string of the molecule is Cc1nn(C)c(Cl)c1CC(=O)CC1CCCC1. The van der Waals surface area contributed by atoms with E-state index in [9.17, 15) is 4.79 Å². The second-order valence-electron chi connectivity index (χ2n) is 5.05. The van der Waals surface area contributed by atoms with Crippen molar-refractivity contribution in [3.8, 4) is 0 Å². The summed E-state index contributed by atoms with van der Waals surface area (Å²) in [6.45, 7) is 1.91. The predicted molar refractivity (Wildman–Crippen MR) is 68.2 cm³/mol. The molecular weight excluding hydrogens is 236 g/mol. The van der Waals surface area contributed by atoms with E-state index in [4.69, 9.17) is 11.6 Å². The van der Waals surface area contributed by atoms with Gasteiger partial charge in [-0.2, -0.15) is 5.10 Å². The van der Waals surface area contributed by atoms with E-state index in [0.717, 1.165) is 11.3 Å². The highest BCUT2D eigenvalue weighted by Crippen LogP contribution is 2.28. The number of aromatic nitrogens is 2. The van der Waals surface area contributed by atoms with Crippen molar-refractivity contribution < 1.29 is 4.79 Å². The molecule has 1 aromatic rings. The topological polar surface area (TPSA) is 34.9 Å². The van der Waals surface area contributed by atoms with E-state index < -0.39 is 0 Å². The first-order chi connectivity index (χ1) is 8.08. The molecule has 0 aromatic carbocycles. The minimum Gasteiger partial charge on any atom is -0.299 e. The summed E-state index contributed by atoms with van der Waals surface area (Å²) in [5.74, 6) is 0.910. The van der Waals surface area contributed by atoms with Crippen molar-refractivity contribution in [3.63, 3.8) is 0 Å². The van der Waals surface area contributed by atoms with Crippen LogP contribution >= 0.6 is 11.6 Å². The van der Waals surface area contributed by atoms with Gasteiger partial charge in [-0.05, 0) is 12.8 Å². The van der Waals surface area contributed by atoms with Crippen LogP contribution in [0.5, 0.6) is 0 Å². The molecule has 3 nitrogen and oxygen atoms in total. The molecule has 0 saturated heterocycles. The number of hydrogen-bond donors (Lipinski definition) is 0. The Morgan fingerprint density at radius 3 is 2.65 bits per heavy atom. The van der Waals surface area contributed by atoms with Gasteiger partial charge in [0.2, 0.25) is 0 Å². The monoisotopic (exact) mass is 254 g/mol. The second kappa shape index (κ2) is 5.21. The maximum atomic E-state index is 12.0. The molecule has 94 valence electrons. The van der Waals surface area contributed by atoms with Gasteiger partial charge in [-0.25, -0.2) is 0 Å². The van der Waals surface area contributed by atoms with Crippen molar-refractivity contribution >= 4 is 17.4 Å². The highest BCUT2D eigenvalue weighted by atomic mass is 35.5. The first-order valence-corrected chi connectivity index (χ1v) is 6.65. The Hall–Kier alpha value is -0.830. The van der Waals surface area contributed by atoms with E-state index in [1.165, 1.54) is 25.7 Å². The van der Waals surface area contributed by atoms with Gasteiger partial charge in [0.25, 0.3) is 0 Å². The first-order valence-electron chi connectivity index (χ1n) is 6.27. The molecular formula is C13H19ClN2O. The number of carbonyl (C=O) groups excluding carboxylic acids is 1. The first kappa shape index (κ1) is 12.6. The number of rotatable bonds is 4. The van der Waals surface area contributed by atoms with Crippen molar-refractivity contribution in [1.29, 1.82) is 0 Å². The fraction of sp³-hybridized carbons (Fsp3) is 0.692. The predicted octanol–water partition coefficient (Wildman–Crippen LogP) is 3.07. The molecule has 1 aromatic heterocycles. The lowest BCUT2D eigenvalue weighted by Gasteiger charge is -2.07. The fourth-order valence-corrected chi connectivity index (χ4v) is 2.92. The molecule has 0 spiro atoms. The summed E-state index contributed by atoms with van der Waals surface area (Å²) in [7, 11) is 1.81. The highest BCUT2D eigenvalue weighted by Gasteiger charge is 2.20. The number of nitrogens with zero attached hydrogens (tertiary/aromatic N) is 2. The molecule has 0 amide bonds. The van der Waals surface area contributed by atoms with Gasteiger partial charge in [0.15, 0.2) is 0 Å². The molecule has 0 N–H and O–H groups in total. The van der Waals surface area contributed by atoms with Gasteiger partial charge in [0, 0.05) is 25.5 Å². The zero-order chi connectivity index (χ0) is 12.4. The smallest absolute Gasteiger partial charge is 0.137 e. The van der Waals surface area contributed by atoms with Crippen LogP contribution in [0.15, 0.2) is 0 Å². The van der Waals surface area contributed by atoms with Crippen LogP contribution in [0.1, 0.15) is 43.4 Å². The summed E-state index contributed by atoms with van der Waals surface area (Å²) < 4.78 is 1.63. The van der Waals surface area contributed by atoms with Crippen molar-refractivity contribution in [2.45, 2.75) is 45.4 Å². The van der Waals surface area contributed by atoms with Crippen molar-refractivity contribution in [3.05, 3.63) is 16.4 Å². The van der Waals surface area contributed by atoms with E-state index in [-0.39, 0.29) is 0 Å². The molecule has 0 bridgehead atoms. The van der Waals surface area contributed by atoms with Crippen LogP contribution in [0, 0.1) is 12.8 Å². The van der Waals surface area contributed by atoms with Crippen molar-refractivity contribution in [1.82, 2.24) is 9.78 Å². The number of Topliss-reactive ketones (excluding diaryl/α,β-unsaturated/α-hetero) is 1. The van der Waals surface area contributed by atoms with Crippen LogP contribution < -0.4 is 0 Å². The molecule has 2 rings (SSSR count). The van der Waals surface area contributed by atoms with Gasteiger partial charge in [-0.3, -0.25) is 9.48 Å². The molecule has 1 aliphatic rings. The standard InChI is InChI=1S/C13H19ClN2O/c1-9-12(13(14)16(2)15-9)8-11(17)7-10-5-3-4-6-10/h10H,3-8H2,1-2H3. The average Bonchev–Trinajstić information content (AvgIpc) is 2.83. The number of carbonyl (C=O) groups is 1. The maximum Gasteiger partial charge on any atom is 0.137 e. The van der Waals surface area contributed by atoms with E-state index in [1.54, 1.807) is 11.7 Å². The fourth-order valence-electron chi connectivity index (χ4n) is 2.68. The summed E-state index contributed by atoms with van der Waals surface area (Å²) in [5.41, 5.74) is 1.77. The van der Waals surface area contributed by atoms with Crippen molar-refractivity contribution in [2.75, 3.05) is 0 Å². The Labute approximate surface area is 107 Å². The Balaban J connectivity index is 1.97. The summed E-state index contributed by atoms with van der Waals surface area (Å²) in [5, 5.41) is 4.83. The van der Waals surface area contributed by atoms with E-state index >= 15 is 0 Å². The lowest BCUT2D eigenvalue weighted by Crippen LogP contribution is -2.09. The Kier molecular flexibility index (Phi) is 3.87. The lowest BCUT2D eigenvalue weighted by atomic mass is 9.97. The van der Waals surface area contributed by atoms with Gasteiger partial charge in [-0.15, -0.1) is 0 Å². The highest BCUT2D eigenvalue weighted by molar-refractivity contribution is 6.30. The number of halogens is 1. The lowest BCUT2D eigenvalue weighted by molar-refractivity contribution is -0.119. The zero-order valence-electron chi connectivity index (χ0n) is 10.5. The number of aryl methyl sites for hydroxylation is 2. The third-order valence-corrected chi connectivity index (χ3v) is 4.11. The summed E-state index contributed by atoms with van der Waals surface area (Å²) in [6, 6.07) is 0. The number of hydrogen-bond acceptors (Lipinski definition) is 2. The largest absolute Gasteiger partial charge is 0.299 e. The van der Waals surface area contributed by atoms with Crippen LogP contribution in [0.3, 0.4) is 0 Å². The quantitative estimate of drug-likeness (QED) is 0.828. The molecule has 17 heavy (non-hydrogen) atoms. The van der Waals surface area contributed by atoms with Gasteiger partial charge < -0.3 is 0 Å². The summed E-state index contributed by atoms with van der Waals surface area (Å²) >= 11 is 6.12. The van der Waals surface area contributed by atoms with Crippen molar-refractivity contribution in [2.24, 2.45) is 13.0 Å². The normalized spacial score (nSPS) is 16.6. The summed E-state index contributed by atoms with van der Waals surface area (Å²) in [4.78, 5) is 12.0. The second-order valence-corrected chi connectivity index (χ2v) is 5.41. The van der Waals surface area contributed by atoms with E-state index in [0.29, 0.717) is 29.7 Å². The van der Waals surface area contributed by atoms with Crippen LogP contribution in [0.2, 0.25) is 5.15 Å². The van der Waals surface area contributed by atoms with E-state index in [2.05, 4.69) is 5.10 Å². The Morgan fingerprint density at radius 2 is 2.12 bits per heavy atom. The van der Waals surface area contributed by atoms with Gasteiger partial charge in [0.05, 0.1) is 5.69 Å². The van der Waals surface area contributed by atoms with Crippen LogP contribution in [-0.4, -0.2) is 15.6 Å². The zero-order valence-corrected chi connectivity index (χ0v) is 11.3. The molecule has 0 radical (unpaired) electrons. The summed E-state index contributed by atoms with van der Waals surface area (Å²) in [6.07, 6.45) is 6.14. The Morgan fingerprint density at radius 1 is 1.47 bits per heavy atom. The van der Waals surface area contributed by atoms with Crippen LogP contribution in [-0.2, 0) is 18.3 Å².